The van der Waals surface area contributed by atoms with Crippen molar-refractivity contribution in [2.75, 3.05) is 13.1 Å². The van der Waals surface area contributed by atoms with E-state index in [9.17, 15) is 0 Å². The minimum Gasteiger partial charge on any atom is -0.300 e. The number of rotatable bonds is 2. The standard InChI is InChI=1S/C11H23N/c1-5-10-7-6-8-12(10)9-11(2,3)4/h10H,5-9H2,1-4H3/t10-/m0/s1. The summed E-state index contributed by atoms with van der Waals surface area (Å²) < 4.78 is 0. The van der Waals surface area contributed by atoms with E-state index in [2.05, 4.69) is 32.6 Å². The zero-order chi connectivity index (χ0) is 9.19. The predicted octanol–water partition coefficient (Wildman–Crippen LogP) is 2.91. The minimum atomic E-state index is 0.470. The van der Waals surface area contributed by atoms with Gasteiger partial charge >= 0.3 is 0 Å². The average Bonchev–Trinajstić information content (AvgIpc) is 2.31. The Morgan fingerprint density at radius 2 is 2.00 bits per heavy atom. The Morgan fingerprint density at radius 3 is 2.50 bits per heavy atom. The fourth-order valence-corrected chi connectivity index (χ4v) is 2.17. The lowest BCUT2D eigenvalue weighted by molar-refractivity contribution is 0.174. The summed E-state index contributed by atoms with van der Waals surface area (Å²) in [7, 11) is 0. The van der Waals surface area contributed by atoms with Gasteiger partial charge in [-0.15, -0.1) is 0 Å². The monoisotopic (exact) mass is 169 g/mol. The van der Waals surface area contributed by atoms with Gasteiger partial charge in [-0.1, -0.05) is 27.7 Å². The van der Waals surface area contributed by atoms with Gasteiger partial charge in [0.05, 0.1) is 0 Å². The first kappa shape index (κ1) is 10.0. The molecule has 1 saturated heterocycles. The van der Waals surface area contributed by atoms with E-state index in [1.165, 1.54) is 32.4 Å². The van der Waals surface area contributed by atoms with E-state index >= 15 is 0 Å². The van der Waals surface area contributed by atoms with Crippen LogP contribution in [0.1, 0.15) is 47.0 Å². The van der Waals surface area contributed by atoms with Crippen molar-refractivity contribution in [3.8, 4) is 0 Å². The maximum Gasteiger partial charge on any atom is 0.00933 e. The van der Waals surface area contributed by atoms with Crippen molar-refractivity contribution in [1.82, 2.24) is 4.90 Å². The van der Waals surface area contributed by atoms with Gasteiger partial charge < -0.3 is 0 Å². The molecule has 0 saturated carbocycles. The van der Waals surface area contributed by atoms with E-state index < -0.39 is 0 Å². The van der Waals surface area contributed by atoms with E-state index in [4.69, 9.17) is 0 Å². The van der Waals surface area contributed by atoms with Crippen molar-refractivity contribution in [1.29, 1.82) is 0 Å². The van der Waals surface area contributed by atoms with Gasteiger partial charge in [-0.3, -0.25) is 4.90 Å². The zero-order valence-electron chi connectivity index (χ0n) is 9.06. The summed E-state index contributed by atoms with van der Waals surface area (Å²) in [5.74, 6) is 0. The quantitative estimate of drug-likeness (QED) is 0.614. The fraction of sp³-hybridized carbons (Fsp3) is 1.00. The van der Waals surface area contributed by atoms with Gasteiger partial charge in [-0.2, -0.15) is 0 Å². The van der Waals surface area contributed by atoms with Gasteiger partial charge in [0.2, 0.25) is 0 Å². The van der Waals surface area contributed by atoms with Crippen LogP contribution in [-0.4, -0.2) is 24.0 Å². The molecule has 1 atom stereocenters. The predicted molar refractivity (Wildman–Crippen MR) is 54.3 cm³/mol. The number of nitrogens with zero attached hydrogens (tertiary/aromatic N) is 1. The van der Waals surface area contributed by atoms with Crippen LogP contribution in [0.15, 0.2) is 0 Å². The Bertz CT molecular complexity index is 134. The highest BCUT2D eigenvalue weighted by Gasteiger charge is 2.26. The molecule has 1 heterocycles. The Labute approximate surface area is 77.1 Å². The van der Waals surface area contributed by atoms with Gasteiger partial charge in [-0.05, 0) is 31.2 Å². The lowest BCUT2D eigenvalue weighted by atomic mass is 9.95. The molecule has 12 heavy (non-hydrogen) atoms. The van der Waals surface area contributed by atoms with Crippen LogP contribution < -0.4 is 0 Å². The molecular weight excluding hydrogens is 146 g/mol. The third-order valence-corrected chi connectivity index (χ3v) is 2.65. The fourth-order valence-electron chi connectivity index (χ4n) is 2.17. The van der Waals surface area contributed by atoms with Gasteiger partial charge in [0.1, 0.15) is 0 Å². The summed E-state index contributed by atoms with van der Waals surface area (Å²) in [4.78, 5) is 2.67. The number of likely N-dealkylation sites (tertiary alicyclic amines) is 1. The maximum atomic E-state index is 2.67. The first-order chi connectivity index (χ1) is 5.53. The second-order valence-electron chi connectivity index (χ2n) is 5.24. The molecule has 1 rings (SSSR count). The van der Waals surface area contributed by atoms with Crippen LogP contribution in [0.25, 0.3) is 0 Å². The molecule has 72 valence electrons. The third kappa shape index (κ3) is 2.78. The lowest BCUT2D eigenvalue weighted by Gasteiger charge is -2.30. The zero-order valence-corrected chi connectivity index (χ0v) is 9.06. The first-order valence-corrected chi connectivity index (χ1v) is 5.27. The number of hydrogen-bond acceptors (Lipinski definition) is 1. The highest BCUT2D eigenvalue weighted by Crippen LogP contribution is 2.24. The van der Waals surface area contributed by atoms with Crippen molar-refractivity contribution in [2.24, 2.45) is 5.41 Å². The summed E-state index contributed by atoms with van der Waals surface area (Å²) in [6.07, 6.45) is 4.16. The molecule has 1 heteroatoms. The van der Waals surface area contributed by atoms with Crippen LogP contribution in [-0.2, 0) is 0 Å². The lowest BCUT2D eigenvalue weighted by Crippen LogP contribution is -2.36. The van der Waals surface area contributed by atoms with Crippen molar-refractivity contribution in [3.63, 3.8) is 0 Å². The van der Waals surface area contributed by atoms with E-state index in [-0.39, 0.29) is 0 Å². The van der Waals surface area contributed by atoms with Gasteiger partial charge in [0.25, 0.3) is 0 Å². The van der Waals surface area contributed by atoms with Crippen LogP contribution in [0.2, 0.25) is 0 Å². The highest BCUT2D eigenvalue weighted by atomic mass is 15.2. The summed E-state index contributed by atoms with van der Waals surface area (Å²) in [6, 6.07) is 0.879. The summed E-state index contributed by atoms with van der Waals surface area (Å²) in [6.45, 7) is 11.9. The molecule has 0 aromatic heterocycles. The van der Waals surface area contributed by atoms with Crippen molar-refractivity contribution >= 4 is 0 Å². The van der Waals surface area contributed by atoms with Crippen molar-refractivity contribution in [3.05, 3.63) is 0 Å². The molecule has 0 spiro atoms. The summed E-state index contributed by atoms with van der Waals surface area (Å²) in [5.41, 5.74) is 0.470. The van der Waals surface area contributed by atoms with Crippen LogP contribution in [0.4, 0.5) is 0 Å². The second kappa shape index (κ2) is 3.78. The van der Waals surface area contributed by atoms with E-state index in [0.717, 1.165) is 6.04 Å². The normalized spacial score (nSPS) is 26.5. The molecule has 0 unspecified atom stereocenters. The van der Waals surface area contributed by atoms with Crippen molar-refractivity contribution in [2.45, 2.75) is 53.0 Å². The van der Waals surface area contributed by atoms with E-state index in [1.54, 1.807) is 0 Å². The maximum absolute atomic E-state index is 2.67. The van der Waals surface area contributed by atoms with E-state index in [0.29, 0.717) is 5.41 Å². The molecule has 0 amide bonds. The Balaban J connectivity index is 2.41. The molecule has 0 N–H and O–H groups in total. The van der Waals surface area contributed by atoms with Crippen molar-refractivity contribution < 1.29 is 0 Å². The smallest absolute Gasteiger partial charge is 0.00933 e. The molecule has 1 aliphatic rings. The van der Waals surface area contributed by atoms with Crippen LogP contribution in [0, 0.1) is 5.41 Å². The Hall–Kier alpha value is -0.0400. The number of hydrogen-bond donors (Lipinski definition) is 0. The SMILES string of the molecule is CC[C@H]1CCCN1CC(C)(C)C. The Morgan fingerprint density at radius 1 is 1.33 bits per heavy atom. The summed E-state index contributed by atoms with van der Waals surface area (Å²) >= 11 is 0. The van der Waals surface area contributed by atoms with Gasteiger partial charge in [0.15, 0.2) is 0 Å². The molecule has 1 aliphatic heterocycles. The topological polar surface area (TPSA) is 3.24 Å². The largest absolute Gasteiger partial charge is 0.300 e. The molecule has 1 fully saturated rings. The van der Waals surface area contributed by atoms with Crippen LogP contribution >= 0.6 is 0 Å². The first-order valence-electron chi connectivity index (χ1n) is 5.27. The van der Waals surface area contributed by atoms with Gasteiger partial charge in [0, 0.05) is 12.6 Å². The highest BCUT2D eigenvalue weighted by molar-refractivity contribution is 4.81. The molecule has 0 aromatic rings. The molecule has 0 bridgehead atoms. The third-order valence-electron chi connectivity index (χ3n) is 2.65. The molecule has 0 aromatic carbocycles. The van der Waals surface area contributed by atoms with E-state index in [1.807, 2.05) is 0 Å². The van der Waals surface area contributed by atoms with Gasteiger partial charge in [-0.25, -0.2) is 0 Å². The molecule has 1 nitrogen and oxygen atoms in total. The second-order valence-corrected chi connectivity index (χ2v) is 5.24. The van der Waals surface area contributed by atoms with Crippen LogP contribution in [0.5, 0.6) is 0 Å². The summed E-state index contributed by atoms with van der Waals surface area (Å²) in [5, 5.41) is 0. The molecule has 0 radical (unpaired) electrons. The minimum absolute atomic E-state index is 0.470. The molecular formula is C11H23N. The van der Waals surface area contributed by atoms with Crippen LogP contribution in [0.3, 0.4) is 0 Å². The average molecular weight is 169 g/mol. The Kier molecular flexibility index (Phi) is 3.16. The molecule has 0 aliphatic carbocycles.